The molecule has 0 saturated carbocycles. The molecule has 106 valence electrons. The van der Waals surface area contributed by atoms with Crippen LogP contribution in [0.15, 0.2) is 24.3 Å². The van der Waals surface area contributed by atoms with Gasteiger partial charge in [-0.1, -0.05) is 37.6 Å². The van der Waals surface area contributed by atoms with Gasteiger partial charge in [0.25, 0.3) is 0 Å². The molecule has 0 unspecified atom stereocenters. The zero-order valence-corrected chi connectivity index (χ0v) is 12.0. The maximum Gasteiger partial charge on any atom is 0.211 e. The lowest BCUT2D eigenvalue weighted by Crippen LogP contribution is -2.44. The van der Waals surface area contributed by atoms with Gasteiger partial charge in [-0.25, -0.2) is 13.1 Å². The fraction of sp³-hybridized carbons (Fsp3) is 0.571. The van der Waals surface area contributed by atoms with Crippen molar-refractivity contribution in [3.8, 4) is 0 Å². The van der Waals surface area contributed by atoms with Gasteiger partial charge in [0.1, 0.15) is 0 Å². The highest BCUT2D eigenvalue weighted by molar-refractivity contribution is 7.89. The van der Waals surface area contributed by atoms with Crippen molar-refractivity contribution in [2.24, 2.45) is 0 Å². The molecule has 0 saturated heterocycles. The van der Waals surface area contributed by atoms with E-state index >= 15 is 0 Å². The molecule has 19 heavy (non-hydrogen) atoms. The molecule has 0 bridgehead atoms. The lowest BCUT2D eigenvalue weighted by atomic mass is 10.0. The third kappa shape index (κ3) is 3.78. The van der Waals surface area contributed by atoms with Crippen molar-refractivity contribution < 1.29 is 13.5 Å². The summed E-state index contributed by atoms with van der Waals surface area (Å²) in [5.41, 5.74) is 1.23. The molecule has 1 aromatic rings. The minimum absolute atomic E-state index is 0.0910. The second-order valence-corrected chi connectivity index (χ2v) is 7.27. The van der Waals surface area contributed by atoms with Crippen molar-refractivity contribution in [1.29, 1.82) is 0 Å². The average Bonchev–Trinajstić information content (AvgIpc) is 2.71. The van der Waals surface area contributed by atoms with Gasteiger partial charge in [0, 0.05) is 19.4 Å². The zero-order valence-electron chi connectivity index (χ0n) is 11.2. The molecule has 5 heteroatoms. The number of hydrogen-bond donors (Lipinski definition) is 2. The second-order valence-electron chi connectivity index (χ2n) is 5.34. The van der Waals surface area contributed by atoms with E-state index in [1.165, 1.54) is 0 Å². The normalized spacial score (nSPS) is 17.4. The van der Waals surface area contributed by atoms with Crippen LogP contribution < -0.4 is 4.72 Å². The second kappa shape index (κ2) is 5.61. The summed E-state index contributed by atoms with van der Waals surface area (Å²) in [5, 5.41) is 10.5. The number of aliphatic hydroxyl groups is 1. The Morgan fingerprint density at radius 2 is 1.84 bits per heavy atom. The van der Waals surface area contributed by atoms with E-state index in [0.717, 1.165) is 17.5 Å². The summed E-state index contributed by atoms with van der Waals surface area (Å²) < 4.78 is 26.0. The Hall–Kier alpha value is -0.910. The fourth-order valence-corrected chi connectivity index (χ4v) is 3.75. The first kappa shape index (κ1) is 14.5. The monoisotopic (exact) mass is 283 g/mol. The Balaban J connectivity index is 1.95. The molecule has 2 N–H and O–H groups in total. The highest BCUT2D eigenvalue weighted by Gasteiger charge is 2.35. The van der Waals surface area contributed by atoms with Crippen LogP contribution in [0.25, 0.3) is 0 Å². The maximum absolute atomic E-state index is 11.7. The lowest BCUT2D eigenvalue weighted by molar-refractivity contribution is 0.0567. The summed E-state index contributed by atoms with van der Waals surface area (Å²) in [6, 6.07) is 7.85. The summed E-state index contributed by atoms with van der Waals surface area (Å²) in [6.07, 6.45) is 2.52. The van der Waals surface area contributed by atoms with Crippen molar-refractivity contribution in [1.82, 2.24) is 4.72 Å². The smallest absolute Gasteiger partial charge is 0.211 e. The van der Waals surface area contributed by atoms with E-state index in [4.69, 9.17) is 0 Å². The molecule has 0 amide bonds. The topological polar surface area (TPSA) is 66.4 Å². The van der Waals surface area contributed by atoms with Gasteiger partial charge in [0.15, 0.2) is 0 Å². The van der Waals surface area contributed by atoms with Gasteiger partial charge in [-0.2, -0.15) is 0 Å². The number of fused-ring (bicyclic) bond motifs is 1. The van der Waals surface area contributed by atoms with Crippen LogP contribution in [0.1, 0.15) is 30.9 Å². The average molecular weight is 283 g/mol. The Bertz CT molecular complexity index is 514. The van der Waals surface area contributed by atoms with Crippen molar-refractivity contribution in [3.63, 3.8) is 0 Å². The van der Waals surface area contributed by atoms with Gasteiger partial charge in [-0.15, -0.1) is 0 Å². The van der Waals surface area contributed by atoms with Crippen LogP contribution in [0.2, 0.25) is 0 Å². The third-order valence-electron chi connectivity index (χ3n) is 3.55. The number of sulfonamides is 1. The first-order chi connectivity index (χ1) is 8.94. The van der Waals surface area contributed by atoms with Crippen LogP contribution in [-0.2, 0) is 22.9 Å². The molecule has 0 atom stereocenters. The summed E-state index contributed by atoms with van der Waals surface area (Å²) in [7, 11) is -3.27. The van der Waals surface area contributed by atoms with E-state index in [1.807, 2.05) is 31.2 Å². The van der Waals surface area contributed by atoms with Crippen molar-refractivity contribution >= 4 is 10.0 Å². The van der Waals surface area contributed by atoms with E-state index in [2.05, 4.69) is 4.72 Å². The number of unbranched alkanes of at least 4 members (excludes halogenated alkanes) is 1. The quantitative estimate of drug-likeness (QED) is 0.825. The summed E-state index contributed by atoms with van der Waals surface area (Å²) in [6.45, 7) is 2.05. The third-order valence-corrected chi connectivity index (χ3v) is 4.96. The predicted octanol–water partition coefficient (Wildman–Crippen LogP) is 1.24. The molecule has 4 nitrogen and oxygen atoms in total. The van der Waals surface area contributed by atoms with Gasteiger partial charge in [0.05, 0.1) is 11.4 Å². The van der Waals surface area contributed by atoms with Crippen LogP contribution in [0.5, 0.6) is 0 Å². The number of benzene rings is 1. The minimum atomic E-state index is -3.27. The van der Waals surface area contributed by atoms with Gasteiger partial charge >= 0.3 is 0 Å². The molecular formula is C14H21NO3S. The first-order valence-corrected chi connectivity index (χ1v) is 8.36. The predicted molar refractivity (Wildman–Crippen MR) is 75.5 cm³/mol. The largest absolute Gasteiger partial charge is 0.388 e. The molecule has 2 rings (SSSR count). The Labute approximate surface area is 114 Å². The van der Waals surface area contributed by atoms with Crippen LogP contribution in [0, 0.1) is 0 Å². The van der Waals surface area contributed by atoms with Crippen molar-refractivity contribution in [2.75, 3.05) is 12.3 Å². The highest BCUT2D eigenvalue weighted by atomic mass is 32.2. The molecular weight excluding hydrogens is 262 g/mol. The van der Waals surface area contributed by atoms with Gasteiger partial charge in [0.2, 0.25) is 10.0 Å². The van der Waals surface area contributed by atoms with Crippen LogP contribution >= 0.6 is 0 Å². The van der Waals surface area contributed by atoms with Gasteiger partial charge in [-0.05, 0) is 17.5 Å². The van der Waals surface area contributed by atoms with Gasteiger partial charge < -0.3 is 5.11 Å². The Morgan fingerprint density at radius 3 is 2.37 bits per heavy atom. The molecule has 0 aromatic heterocycles. The summed E-state index contributed by atoms with van der Waals surface area (Å²) >= 11 is 0. The fourth-order valence-electron chi connectivity index (χ4n) is 2.45. The first-order valence-electron chi connectivity index (χ1n) is 6.71. The minimum Gasteiger partial charge on any atom is -0.388 e. The Morgan fingerprint density at radius 1 is 1.26 bits per heavy atom. The Kier molecular flexibility index (Phi) is 4.28. The molecule has 0 radical (unpaired) electrons. The summed E-state index contributed by atoms with van der Waals surface area (Å²) in [5.74, 6) is 0.131. The van der Waals surface area contributed by atoms with Crippen LogP contribution in [-0.4, -0.2) is 31.4 Å². The van der Waals surface area contributed by atoms with E-state index in [9.17, 15) is 13.5 Å². The SMILES string of the molecule is CCCCS(=O)(=O)NCC1(O)Cc2ccccc2C1. The van der Waals surface area contributed by atoms with Gasteiger partial charge in [-0.3, -0.25) is 0 Å². The van der Waals surface area contributed by atoms with Crippen molar-refractivity contribution in [3.05, 3.63) is 35.4 Å². The standard InChI is InChI=1S/C14H21NO3S/c1-2-3-8-19(17,18)15-11-14(16)9-12-6-4-5-7-13(12)10-14/h4-7,15-16H,2-3,8-11H2,1H3. The molecule has 1 aromatic carbocycles. The van der Waals surface area contributed by atoms with Crippen LogP contribution in [0.3, 0.4) is 0 Å². The zero-order chi connectivity index (χ0) is 13.9. The molecule has 0 heterocycles. The molecule has 1 aliphatic rings. The summed E-state index contributed by atoms with van der Waals surface area (Å²) in [4.78, 5) is 0. The van der Waals surface area contributed by atoms with Crippen LogP contribution in [0.4, 0.5) is 0 Å². The number of rotatable bonds is 6. The van der Waals surface area contributed by atoms with E-state index in [1.54, 1.807) is 0 Å². The molecule has 0 fully saturated rings. The number of nitrogens with one attached hydrogen (secondary N) is 1. The van der Waals surface area contributed by atoms with E-state index in [-0.39, 0.29) is 12.3 Å². The lowest BCUT2D eigenvalue weighted by Gasteiger charge is -2.22. The molecule has 1 aliphatic carbocycles. The molecule has 0 spiro atoms. The van der Waals surface area contributed by atoms with E-state index in [0.29, 0.717) is 19.3 Å². The maximum atomic E-state index is 11.7. The van der Waals surface area contributed by atoms with Crippen molar-refractivity contribution in [2.45, 2.75) is 38.2 Å². The molecule has 0 aliphatic heterocycles. The van der Waals surface area contributed by atoms with E-state index < -0.39 is 15.6 Å². The highest BCUT2D eigenvalue weighted by Crippen LogP contribution is 2.29. The number of hydrogen-bond acceptors (Lipinski definition) is 3.